The molecular formula is C17H17FO2. The van der Waals surface area contributed by atoms with Crippen molar-refractivity contribution in [3.05, 3.63) is 58.9 Å². The van der Waals surface area contributed by atoms with Crippen molar-refractivity contribution >= 4 is 5.78 Å². The van der Waals surface area contributed by atoms with Crippen LogP contribution in [-0.2, 0) is 0 Å². The van der Waals surface area contributed by atoms with Gasteiger partial charge in [0.15, 0.2) is 5.78 Å². The Balaban J connectivity index is 2.33. The van der Waals surface area contributed by atoms with Gasteiger partial charge >= 0.3 is 0 Å². The smallest absolute Gasteiger partial charge is 0.162 e. The van der Waals surface area contributed by atoms with Crippen LogP contribution in [0.15, 0.2) is 36.4 Å². The summed E-state index contributed by atoms with van der Waals surface area (Å²) in [7, 11) is 0. The highest BCUT2D eigenvalue weighted by Crippen LogP contribution is 2.30. The van der Waals surface area contributed by atoms with E-state index in [0.717, 1.165) is 11.1 Å². The molecule has 0 heterocycles. The number of rotatable bonds is 4. The van der Waals surface area contributed by atoms with Gasteiger partial charge in [-0.15, -0.1) is 0 Å². The number of aryl methyl sites for hydroxylation is 2. The first kappa shape index (κ1) is 14.3. The molecule has 2 aromatic rings. The van der Waals surface area contributed by atoms with Crippen LogP contribution in [0.5, 0.6) is 11.5 Å². The number of hydrogen-bond donors (Lipinski definition) is 0. The molecule has 0 atom stereocenters. The van der Waals surface area contributed by atoms with Crippen LogP contribution in [0.3, 0.4) is 0 Å². The van der Waals surface area contributed by atoms with E-state index in [1.807, 2.05) is 32.9 Å². The number of hydrogen-bond acceptors (Lipinski definition) is 2. The first-order valence-electron chi connectivity index (χ1n) is 6.59. The van der Waals surface area contributed by atoms with Crippen LogP contribution >= 0.6 is 0 Å². The Morgan fingerprint density at radius 1 is 1.10 bits per heavy atom. The molecule has 20 heavy (non-hydrogen) atoms. The summed E-state index contributed by atoms with van der Waals surface area (Å²) in [4.78, 5) is 11.7. The lowest BCUT2D eigenvalue weighted by Gasteiger charge is -2.13. The fourth-order valence-corrected chi connectivity index (χ4v) is 2.10. The summed E-state index contributed by atoms with van der Waals surface area (Å²) in [6.07, 6.45) is 0.483. The van der Waals surface area contributed by atoms with E-state index in [1.54, 1.807) is 12.1 Å². The molecule has 0 amide bonds. The SMILES string of the molecule is CCC(=O)c1cc(C)c(Oc2ccc(F)cc2)c(C)c1. The summed E-state index contributed by atoms with van der Waals surface area (Å²) < 4.78 is 18.7. The number of carbonyl (C=O) groups is 1. The maximum atomic E-state index is 12.9. The monoisotopic (exact) mass is 272 g/mol. The predicted octanol–water partition coefficient (Wildman–Crippen LogP) is 4.83. The molecule has 0 saturated carbocycles. The van der Waals surface area contributed by atoms with E-state index in [2.05, 4.69) is 0 Å². The highest BCUT2D eigenvalue weighted by atomic mass is 19.1. The van der Waals surface area contributed by atoms with Crippen LogP contribution in [0.1, 0.15) is 34.8 Å². The zero-order valence-electron chi connectivity index (χ0n) is 11.9. The van der Waals surface area contributed by atoms with Crippen molar-refractivity contribution in [1.82, 2.24) is 0 Å². The lowest BCUT2D eigenvalue weighted by atomic mass is 10.0. The topological polar surface area (TPSA) is 26.3 Å². The molecule has 0 N–H and O–H groups in total. The van der Waals surface area contributed by atoms with E-state index < -0.39 is 0 Å². The van der Waals surface area contributed by atoms with E-state index in [0.29, 0.717) is 23.5 Å². The van der Waals surface area contributed by atoms with Gasteiger partial charge in [-0.05, 0) is 61.4 Å². The summed E-state index contributed by atoms with van der Waals surface area (Å²) >= 11 is 0. The van der Waals surface area contributed by atoms with E-state index in [4.69, 9.17) is 4.74 Å². The molecule has 0 unspecified atom stereocenters. The molecule has 0 spiro atoms. The van der Waals surface area contributed by atoms with E-state index in [1.165, 1.54) is 12.1 Å². The quantitative estimate of drug-likeness (QED) is 0.745. The molecule has 2 nitrogen and oxygen atoms in total. The van der Waals surface area contributed by atoms with Gasteiger partial charge in [0.05, 0.1) is 0 Å². The zero-order chi connectivity index (χ0) is 14.7. The number of benzene rings is 2. The van der Waals surface area contributed by atoms with E-state index in [-0.39, 0.29) is 11.6 Å². The molecule has 0 saturated heterocycles. The summed E-state index contributed by atoms with van der Waals surface area (Å²) in [6, 6.07) is 9.54. The van der Waals surface area contributed by atoms with Crippen molar-refractivity contribution in [2.75, 3.05) is 0 Å². The van der Waals surface area contributed by atoms with Crippen LogP contribution in [0.25, 0.3) is 0 Å². The molecular weight excluding hydrogens is 255 g/mol. The summed E-state index contributed by atoms with van der Waals surface area (Å²) in [5.41, 5.74) is 2.49. The first-order valence-corrected chi connectivity index (χ1v) is 6.59. The lowest BCUT2D eigenvalue weighted by molar-refractivity contribution is 0.0988. The lowest BCUT2D eigenvalue weighted by Crippen LogP contribution is -2.00. The van der Waals surface area contributed by atoms with Gasteiger partial charge in [-0.25, -0.2) is 4.39 Å². The zero-order valence-corrected chi connectivity index (χ0v) is 11.9. The molecule has 0 aliphatic heterocycles. The number of halogens is 1. The molecule has 0 aliphatic rings. The van der Waals surface area contributed by atoms with Gasteiger partial charge in [0.2, 0.25) is 0 Å². The van der Waals surface area contributed by atoms with Crippen molar-refractivity contribution in [3.8, 4) is 11.5 Å². The summed E-state index contributed by atoms with van der Waals surface area (Å²) in [5.74, 6) is 1.11. The third-order valence-corrected chi connectivity index (χ3v) is 3.14. The average molecular weight is 272 g/mol. The third-order valence-electron chi connectivity index (χ3n) is 3.14. The summed E-state index contributed by atoms with van der Waals surface area (Å²) in [6.45, 7) is 5.65. The van der Waals surface area contributed by atoms with E-state index in [9.17, 15) is 9.18 Å². The van der Waals surface area contributed by atoms with Gasteiger partial charge in [-0.1, -0.05) is 6.92 Å². The Hall–Kier alpha value is -2.16. The van der Waals surface area contributed by atoms with Crippen molar-refractivity contribution in [2.24, 2.45) is 0 Å². The van der Waals surface area contributed by atoms with Crippen LogP contribution in [-0.4, -0.2) is 5.78 Å². The largest absolute Gasteiger partial charge is 0.457 e. The van der Waals surface area contributed by atoms with E-state index >= 15 is 0 Å². The third kappa shape index (κ3) is 3.05. The molecule has 0 bridgehead atoms. The molecule has 104 valence electrons. The minimum absolute atomic E-state index is 0.115. The average Bonchev–Trinajstić information content (AvgIpc) is 2.43. The standard InChI is InChI=1S/C17H17FO2/c1-4-16(19)13-9-11(2)17(12(3)10-13)20-15-7-5-14(18)6-8-15/h5-10H,4H2,1-3H3. The van der Waals surface area contributed by atoms with Crippen LogP contribution < -0.4 is 4.74 Å². The second kappa shape index (κ2) is 5.87. The molecule has 2 rings (SSSR count). The molecule has 0 aliphatic carbocycles. The number of ketones is 1. The Labute approximate surface area is 118 Å². The first-order chi connectivity index (χ1) is 9.51. The maximum Gasteiger partial charge on any atom is 0.162 e. The van der Waals surface area contributed by atoms with Crippen molar-refractivity contribution in [3.63, 3.8) is 0 Å². The van der Waals surface area contributed by atoms with Gasteiger partial charge in [0.25, 0.3) is 0 Å². The Morgan fingerprint density at radius 2 is 1.65 bits per heavy atom. The Kier molecular flexibility index (Phi) is 4.18. The maximum absolute atomic E-state index is 12.9. The van der Waals surface area contributed by atoms with Gasteiger partial charge in [0, 0.05) is 12.0 Å². The van der Waals surface area contributed by atoms with Gasteiger partial charge < -0.3 is 4.74 Å². The molecule has 0 radical (unpaired) electrons. The highest BCUT2D eigenvalue weighted by molar-refractivity contribution is 5.96. The highest BCUT2D eigenvalue weighted by Gasteiger charge is 2.11. The predicted molar refractivity (Wildman–Crippen MR) is 77.0 cm³/mol. The van der Waals surface area contributed by atoms with Crippen molar-refractivity contribution in [1.29, 1.82) is 0 Å². The van der Waals surface area contributed by atoms with Crippen LogP contribution in [0, 0.1) is 19.7 Å². The van der Waals surface area contributed by atoms with Gasteiger partial charge in [-0.2, -0.15) is 0 Å². The Morgan fingerprint density at radius 3 is 2.15 bits per heavy atom. The molecule has 0 fully saturated rings. The van der Waals surface area contributed by atoms with Crippen molar-refractivity contribution in [2.45, 2.75) is 27.2 Å². The number of Topliss-reactive ketones (excluding diaryl/α,β-unsaturated/α-hetero) is 1. The molecule has 2 aromatic carbocycles. The minimum Gasteiger partial charge on any atom is -0.457 e. The second-order valence-electron chi connectivity index (χ2n) is 4.77. The second-order valence-corrected chi connectivity index (χ2v) is 4.77. The number of carbonyl (C=O) groups excluding carboxylic acids is 1. The number of ether oxygens (including phenoxy) is 1. The van der Waals surface area contributed by atoms with Gasteiger partial charge in [-0.3, -0.25) is 4.79 Å². The normalized spacial score (nSPS) is 10.4. The van der Waals surface area contributed by atoms with Crippen LogP contribution in [0.2, 0.25) is 0 Å². The van der Waals surface area contributed by atoms with Gasteiger partial charge in [0.1, 0.15) is 17.3 Å². The van der Waals surface area contributed by atoms with Crippen molar-refractivity contribution < 1.29 is 13.9 Å². The molecule has 0 aromatic heterocycles. The fourth-order valence-electron chi connectivity index (χ4n) is 2.10. The summed E-state index contributed by atoms with van der Waals surface area (Å²) in [5, 5.41) is 0. The van der Waals surface area contributed by atoms with Crippen LogP contribution in [0.4, 0.5) is 4.39 Å². The fraction of sp³-hybridized carbons (Fsp3) is 0.235. The minimum atomic E-state index is -0.297. The Bertz CT molecular complexity index is 607. The molecule has 3 heteroatoms.